The number of carbonyl (C=O) groups excluding carboxylic acids is 1. The van der Waals surface area contributed by atoms with Crippen LogP contribution in [0.1, 0.15) is 30.5 Å². The Morgan fingerprint density at radius 1 is 1.41 bits per heavy atom. The molecular formula is C11H17N5O. The van der Waals surface area contributed by atoms with Gasteiger partial charge >= 0.3 is 6.03 Å². The predicted molar refractivity (Wildman–Crippen MR) is 61.7 cm³/mol. The van der Waals surface area contributed by atoms with Crippen LogP contribution in [0, 0.1) is 0 Å². The lowest BCUT2D eigenvalue weighted by Gasteiger charge is -2.40. The maximum Gasteiger partial charge on any atom is 0.319 e. The smallest absolute Gasteiger partial charge is 0.319 e. The highest BCUT2D eigenvalue weighted by atomic mass is 16.2. The summed E-state index contributed by atoms with van der Waals surface area (Å²) < 4.78 is 1.91. The molecular weight excluding hydrogens is 218 g/mol. The first-order valence-corrected chi connectivity index (χ1v) is 6.03. The molecule has 2 heterocycles. The Kier molecular flexibility index (Phi) is 2.31. The summed E-state index contributed by atoms with van der Waals surface area (Å²) in [6.07, 6.45) is 4.53. The van der Waals surface area contributed by atoms with Crippen LogP contribution >= 0.6 is 0 Å². The van der Waals surface area contributed by atoms with Gasteiger partial charge in [0.25, 0.3) is 0 Å². The van der Waals surface area contributed by atoms with Crippen LogP contribution in [0.3, 0.4) is 0 Å². The van der Waals surface area contributed by atoms with Crippen LogP contribution in [-0.4, -0.2) is 58.0 Å². The van der Waals surface area contributed by atoms with Crippen LogP contribution in [0.15, 0.2) is 6.20 Å². The van der Waals surface area contributed by atoms with Crippen molar-refractivity contribution in [3.05, 3.63) is 11.9 Å². The molecule has 0 radical (unpaired) electrons. The van der Waals surface area contributed by atoms with E-state index in [0.717, 1.165) is 18.8 Å². The fourth-order valence-electron chi connectivity index (χ4n) is 2.10. The van der Waals surface area contributed by atoms with Crippen molar-refractivity contribution in [1.82, 2.24) is 24.8 Å². The van der Waals surface area contributed by atoms with Crippen molar-refractivity contribution >= 4 is 6.03 Å². The van der Waals surface area contributed by atoms with Gasteiger partial charge in [-0.15, -0.1) is 5.10 Å². The number of urea groups is 1. The average Bonchev–Trinajstić information content (AvgIpc) is 2.97. The molecule has 0 bridgehead atoms. The van der Waals surface area contributed by atoms with Gasteiger partial charge in [-0.1, -0.05) is 5.21 Å². The second kappa shape index (κ2) is 3.72. The van der Waals surface area contributed by atoms with Crippen LogP contribution in [-0.2, 0) is 0 Å². The molecule has 3 rings (SSSR count). The van der Waals surface area contributed by atoms with Gasteiger partial charge in [-0.05, 0) is 12.8 Å². The summed E-state index contributed by atoms with van der Waals surface area (Å²) in [7, 11) is 3.55. The third kappa shape index (κ3) is 1.87. The number of hydrogen-bond acceptors (Lipinski definition) is 3. The first-order valence-electron chi connectivity index (χ1n) is 6.03. The predicted octanol–water partition coefficient (Wildman–Crippen LogP) is 0.694. The fourth-order valence-corrected chi connectivity index (χ4v) is 2.10. The van der Waals surface area contributed by atoms with Crippen molar-refractivity contribution in [1.29, 1.82) is 0 Å². The Balaban J connectivity index is 1.59. The normalized spacial score (nSPS) is 20.2. The highest BCUT2D eigenvalue weighted by molar-refractivity contribution is 5.74. The van der Waals surface area contributed by atoms with Crippen molar-refractivity contribution in [2.75, 3.05) is 27.2 Å². The summed E-state index contributed by atoms with van der Waals surface area (Å²) in [5.41, 5.74) is 1.11. The molecule has 17 heavy (non-hydrogen) atoms. The Hall–Kier alpha value is -1.59. The van der Waals surface area contributed by atoms with E-state index in [1.165, 1.54) is 12.8 Å². The molecule has 2 aliphatic rings. The van der Waals surface area contributed by atoms with Crippen molar-refractivity contribution in [3.63, 3.8) is 0 Å². The number of likely N-dealkylation sites (tertiary alicyclic amines) is 1. The third-order valence-corrected chi connectivity index (χ3v) is 3.41. The molecule has 6 nitrogen and oxygen atoms in total. The number of hydrogen-bond donors (Lipinski definition) is 0. The molecule has 1 aliphatic heterocycles. The summed E-state index contributed by atoms with van der Waals surface area (Å²) in [6, 6.07) is 0.377. The van der Waals surface area contributed by atoms with Crippen LogP contribution < -0.4 is 0 Å². The second-order valence-electron chi connectivity index (χ2n) is 5.13. The van der Waals surface area contributed by atoms with Gasteiger partial charge < -0.3 is 9.80 Å². The van der Waals surface area contributed by atoms with Crippen LogP contribution in [0.5, 0.6) is 0 Å². The lowest BCUT2D eigenvalue weighted by atomic mass is 10.1. The van der Waals surface area contributed by atoms with E-state index in [2.05, 4.69) is 10.3 Å². The van der Waals surface area contributed by atoms with Gasteiger partial charge in [0, 0.05) is 39.3 Å². The van der Waals surface area contributed by atoms with E-state index >= 15 is 0 Å². The minimum atomic E-state index is 0.0729. The first-order chi connectivity index (χ1) is 8.15. The first kappa shape index (κ1) is 10.6. The maximum atomic E-state index is 11.6. The molecule has 0 N–H and O–H groups in total. The van der Waals surface area contributed by atoms with Gasteiger partial charge in [0.15, 0.2) is 0 Å². The average molecular weight is 235 g/mol. The Bertz CT molecular complexity index is 431. The number of amides is 2. The van der Waals surface area contributed by atoms with Crippen LogP contribution in [0.4, 0.5) is 4.79 Å². The van der Waals surface area contributed by atoms with Crippen molar-refractivity contribution in [2.45, 2.75) is 24.8 Å². The minimum Gasteiger partial charge on any atom is -0.331 e. The minimum absolute atomic E-state index is 0.0729. The molecule has 0 spiro atoms. The van der Waals surface area contributed by atoms with Gasteiger partial charge in [0.2, 0.25) is 0 Å². The van der Waals surface area contributed by atoms with E-state index in [1.807, 2.05) is 15.8 Å². The second-order valence-corrected chi connectivity index (χ2v) is 5.13. The Labute approximate surface area is 100 Å². The topological polar surface area (TPSA) is 54.3 Å². The summed E-state index contributed by atoms with van der Waals surface area (Å²) in [5, 5.41) is 8.34. The molecule has 92 valence electrons. The van der Waals surface area contributed by atoms with E-state index in [1.54, 1.807) is 19.0 Å². The number of rotatable bonds is 2. The van der Waals surface area contributed by atoms with E-state index in [9.17, 15) is 4.79 Å². The lowest BCUT2D eigenvalue weighted by Crippen LogP contribution is -2.54. The molecule has 1 aromatic heterocycles. The molecule has 6 heteroatoms. The van der Waals surface area contributed by atoms with Crippen molar-refractivity contribution in [3.8, 4) is 0 Å². The third-order valence-electron chi connectivity index (χ3n) is 3.41. The summed E-state index contributed by atoms with van der Waals surface area (Å²) in [4.78, 5) is 15.1. The molecule has 1 aliphatic carbocycles. The van der Waals surface area contributed by atoms with Gasteiger partial charge in [0.05, 0.1) is 11.7 Å². The van der Waals surface area contributed by atoms with Gasteiger partial charge in [0.1, 0.15) is 0 Å². The molecule has 1 saturated carbocycles. The fraction of sp³-hybridized carbons (Fsp3) is 0.727. The van der Waals surface area contributed by atoms with Gasteiger partial charge in [-0.25, -0.2) is 9.48 Å². The monoisotopic (exact) mass is 235 g/mol. The summed E-state index contributed by atoms with van der Waals surface area (Å²) in [5.74, 6) is 0.642. The molecule has 1 saturated heterocycles. The zero-order valence-corrected chi connectivity index (χ0v) is 10.2. The largest absolute Gasteiger partial charge is 0.331 e. The standard InChI is InChI=1S/C11H17N5O/c1-14(2)11(17)15-5-9(6-15)16-7-10(12-13-16)8-3-4-8/h7-9H,3-6H2,1-2H3. The highest BCUT2D eigenvalue weighted by Gasteiger charge is 2.34. The lowest BCUT2D eigenvalue weighted by molar-refractivity contribution is 0.0992. The van der Waals surface area contributed by atoms with Crippen molar-refractivity contribution < 1.29 is 4.79 Å². The van der Waals surface area contributed by atoms with E-state index < -0.39 is 0 Å². The zero-order chi connectivity index (χ0) is 12.0. The maximum absolute atomic E-state index is 11.6. The molecule has 0 aromatic carbocycles. The molecule has 2 amide bonds. The summed E-state index contributed by atoms with van der Waals surface area (Å²) >= 11 is 0. The van der Waals surface area contributed by atoms with E-state index in [0.29, 0.717) is 12.0 Å². The number of carbonyl (C=O) groups is 1. The molecule has 1 aromatic rings. The van der Waals surface area contributed by atoms with Crippen LogP contribution in [0.25, 0.3) is 0 Å². The number of aromatic nitrogens is 3. The van der Waals surface area contributed by atoms with Crippen molar-refractivity contribution in [2.24, 2.45) is 0 Å². The SMILES string of the molecule is CN(C)C(=O)N1CC(n2cc(C3CC3)nn2)C1. The van der Waals surface area contributed by atoms with Gasteiger partial charge in [-0.3, -0.25) is 0 Å². The van der Waals surface area contributed by atoms with Crippen LogP contribution in [0.2, 0.25) is 0 Å². The molecule has 0 unspecified atom stereocenters. The zero-order valence-electron chi connectivity index (χ0n) is 10.2. The van der Waals surface area contributed by atoms with E-state index in [-0.39, 0.29) is 6.03 Å². The molecule has 2 fully saturated rings. The van der Waals surface area contributed by atoms with E-state index in [4.69, 9.17) is 0 Å². The Morgan fingerprint density at radius 2 is 2.12 bits per heavy atom. The quantitative estimate of drug-likeness (QED) is 0.758. The number of nitrogens with zero attached hydrogens (tertiary/aromatic N) is 5. The highest BCUT2D eigenvalue weighted by Crippen LogP contribution is 2.39. The molecule has 0 atom stereocenters. The Morgan fingerprint density at radius 3 is 2.71 bits per heavy atom. The van der Waals surface area contributed by atoms with Gasteiger partial charge in [-0.2, -0.15) is 0 Å². The summed E-state index contributed by atoms with van der Waals surface area (Å²) in [6.45, 7) is 1.48.